The summed E-state index contributed by atoms with van der Waals surface area (Å²) < 4.78 is 0. The first-order chi connectivity index (χ1) is 10.1. The number of rotatable bonds is 3. The zero-order chi connectivity index (χ0) is 14.8. The van der Waals surface area contributed by atoms with E-state index in [0.29, 0.717) is 11.9 Å². The molecule has 0 saturated carbocycles. The molecule has 1 amide bonds. The summed E-state index contributed by atoms with van der Waals surface area (Å²) in [5.41, 5.74) is 1.20. The number of H-pyrrole nitrogens is 1. The van der Waals surface area contributed by atoms with Gasteiger partial charge in [-0.3, -0.25) is 9.59 Å². The van der Waals surface area contributed by atoms with Crippen LogP contribution in [0.25, 0.3) is 10.8 Å². The lowest BCUT2D eigenvalue weighted by Crippen LogP contribution is -2.26. The first-order valence-corrected chi connectivity index (χ1v) is 7.46. The molecular formula is C16H14N2O2S. The van der Waals surface area contributed by atoms with Gasteiger partial charge in [0.2, 0.25) is 0 Å². The van der Waals surface area contributed by atoms with Gasteiger partial charge in [-0.2, -0.15) is 0 Å². The van der Waals surface area contributed by atoms with E-state index < -0.39 is 0 Å². The van der Waals surface area contributed by atoms with Gasteiger partial charge in [0, 0.05) is 10.3 Å². The van der Waals surface area contributed by atoms with Crippen molar-refractivity contribution in [3.8, 4) is 0 Å². The Morgan fingerprint density at radius 1 is 1.29 bits per heavy atom. The number of aromatic amines is 1. The second kappa shape index (κ2) is 5.54. The molecule has 2 heterocycles. The maximum absolute atomic E-state index is 12.2. The molecule has 0 bridgehead atoms. The smallest absolute Gasteiger partial charge is 0.268 e. The molecule has 5 heteroatoms. The number of amides is 1. The largest absolute Gasteiger partial charge is 0.346 e. The predicted octanol–water partition coefficient (Wildman–Crippen LogP) is 2.83. The Kier molecular flexibility index (Phi) is 3.58. The third-order valence-electron chi connectivity index (χ3n) is 3.38. The van der Waals surface area contributed by atoms with Gasteiger partial charge in [-0.25, -0.2) is 0 Å². The van der Waals surface area contributed by atoms with Crippen molar-refractivity contribution in [1.29, 1.82) is 0 Å². The molecule has 3 rings (SSSR count). The minimum atomic E-state index is -0.273. The van der Waals surface area contributed by atoms with Crippen LogP contribution in [0.2, 0.25) is 0 Å². The highest BCUT2D eigenvalue weighted by molar-refractivity contribution is 7.10. The fraction of sp³-hybridized carbons (Fsp3) is 0.125. The summed E-state index contributed by atoms with van der Waals surface area (Å²) >= 11 is 1.61. The van der Waals surface area contributed by atoms with Crippen molar-refractivity contribution in [2.45, 2.75) is 13.5 Å². The molecule has 2 N–H and O–H groups in total. The van der Waals surface area contributed by atoms with E-state index in [2.05, 4.69) is 10.3 Å². The van der Waals surface area contributed by atoms with Crippen LogP contribution in [-0.2, 0) is 6.54 Å². The number of nitrogens with one attached hydrogen (secondary N) is 2. The second-order valence-electron chi connectivity index (χ2n) is 4.81. The van der Waals surface area contributed by atoms with Crippen molar-refractivity contribution in [3.63, 3.8) is 0 Å². The molecule has 1 aromatic carbocycles. The molecule has 106 valence electrons. The molecule has 0 atom stereocenters. The average molecular weight is 298 g/mol. The summed E-state index contributed by atoms with van der Waals surface area (Å²) in [5.74, 6) is -0.273. The number of carbonyl (C=O) groups excluding carboxylic acids is 1. The number of hydrogen-bond acceptors (Lipinski definition) is 3. The van der Waals surface area contributed by atoms with Crippen LogP contribution in [0.1, 0.15) is 20.9 Å². The summed E-state index contributed by atoms with van der Waals surface area (Å²) in [7, 11) is 0. The number of aryl methyl sites for hydroxylation is 1. The average Bonchev–Trinajstić information content (AvgIpc) is 2.90. The van der Waals surface area contributed by atoms with E-state index in [4.69, 9.17) is 0 Å². The van der Waals surface area contributed by atoms with Crippen LogP contribution in [0.3, 0.4) is 0 Å². The van der Waals surface area contributed by atoms with Crippen molar-refractivity contribution in [2.75, 3.05) is 0 Å². The zero-order valence-corrected chi connectivity index (χ0v) is 12.3. The Morgan fingerprint density at radius 2 is 2.10 bits per heavy atom. The zero-order valence-electron chi connectivity index (χ0n) is 11.5. The third kappa shape index (κ3) is 2.73. The highest BCUT2D eigenvalue weighted by Crippen LogP contribution is 2.15. The number of aromatic nitrogens is 1. The van der Waals surface area contributed by atoms with E-state index in [-0.39, 0.29) is 17.2 Å². The van der Waals surface area contributed by atoms with Gasteiger partial charge in [-0.1, -0.05) is 18.2 Å². The van der Waals surface area contributed by atoms with Gasteiger partial charge in [-0.15, -0.1) is 11.3 Å². The van der Waals surface area contributed by atoms with E-state index in [9.17, 15) is 9.59 Å². The van der Waals surface area contributed by atoms with Gasteiger partial charge in [0.05, 0.1) is 6.54 Å². The lowest BCUT2D eigenvalue weighted by atomic mass is 10.1. The van der Waals surface area contributed by atoms with E-state index in [0.717, 1.165) is 15.8 Å². The van der Waals surface area contributed by atoms with E-state index in [1.54, 1.807) is 29.5 Å². The van der Waals surface area contributed by atoms with Crippen LogP contribution >= 0.6 is 11.3 Å². The van der Waals surface area contributed by atoms with Gasteiger partial charge >= 0.3 is 0 Å². The monoisotopic (exact) mass is 298 g/mol. The lowest BCUT2D eigenvalue weighted by molar-refractivity contribution is 0.0946. The van der Waals surface area contributed by atoms with Gasteiger partial charge < -0.3 is 10.3 Å². The number of thiophene rings is 1. The van der Waals surface area contributed by atoms with Crippen molar-refractivity contribution < 1.29 is 4.79 Å². The number of hydrogen-bond donors (Lipinski definition) is 2. The summed E-state index contributed by atoms with van der Waals surface area (Å²) in [6, 6.07) is 10.9. The van der Waals surface area contributed by atoms with Gasteiger partial charge in [0.15, 0.2) is 0 Å². The number of carbonyl (C=O) groups is 1. The molecule has 21 heavy (non-hydrogen) atoms. The van der Waals surface area contributed by atoms with Crippen molar-refractivity contribution in [1.82, 2.24) is 10.3 Å². The van der Waals surface area contributed by atoms with Crippen molar-refractivity contribution in [2.24, 2.45) is 0 Å². The summed E-state index contributed by atoms with van der Waals surface area (Å²) in [5, 5.41) is 6.18. The van der Waals surface area contributed by atoms with Crippen LogP contribution in [0.5, 0.6) is 0 Å². The maximum atomic E-state index is 12.2. The van der Waals surface area contributed by atoms with Crippen LogP contribution < -0.4 is 10.9 Å². The van der Waals surface area contributed by atoms with E-state index >= 15 is 0 Å². The SMILES string of the molecule is Cc1ccsc1CNC(=O)c1cc2ccccc2c(=O)[nH]1. The number of pyridine rings is 1. The number of fused-ring (bicyclic) bond motifs is 1. The Labute approximate surface area is 125 Å². The Hall–Kier alpha value is -2.40. The lowest BCUT2D eigenvalue weighted by Gasteiger charge is -2.06. The quantitative estimate of drug-likeness (QED) is 0.781. The maximum Gasteiger partial charge on any atom is 0.268 e. The second-order valence-corrected chi connectivity index (χ2v) is 5.81. The molecule has 0 spiro atoms. The topological polar surface area (TPSA) is 62.0 Å². The van der Waals surface area contributed by atoms with Gasteiger partial charge in [0.25, 0.3) is 11.5 Å². The molecule has 3 aromatic rings. The van der Waals surface area contributed by atoms with Gasteiger partial charge in [0.1, 0.15) is 5.69 Å². The highest BCUT2D eigenvalue weighted by atomic mass is 32.1. The van der Waals surface area contributed by atoms with Gasteiger partial charge in [-0.05, 0) is 41.5 Å². The summed E-state index contributed by atoms with van der Waals surface area (Å²) in [6.07, 6.45) is 0. The first-order valence-electron chi connectivity index (χ1n) is 6.58. The van der Waals surface area contributed by atoms with Crippen molar-refractivity contribution in [3.05, 3.63) is 68.3 Å². The highest BCUT2D eigenvalue weighted by Gasteiger charge is 2.10. The molecule has 0 aliphatic rings. The Bertz CT molecular complexity index is 864. The predicted molar refractivity (Wildman–Crippen MR) is 84.8 cm³/mol. The normalized spacial score (nSPS) is 10.7. The Balaban J connectivity index is 1.85. The fourth-order valence-electron chi connectivity index (χ4n) is 2.17. The fourth-order valence-corrected chi connectivity index (χ4v) is 3.02. The van der Waals surface area contributed by atoms with E-state index in [1.165, 1.54) is 0 Å². The summed E-state index contributed by atoms with van der Waals surface area (Å²) in [4.78, 5) is 27.9. The molecule has 0 fully saturated rings. The third-order valence-corrected chi connectivity index (χ3v) is 4.40. The molecule has 0 radical (unpaired) electrons. The molecule has 0 unspecified atom stereocenters. The molecular weight excluding hydrogens is 284 g/mol. The minimum Gasteiger partial charge on any atom is -0.346 e. The molecule has 0 aliphatic carbocycles. The van der Waals surface area contributed by atoms with Crippen LogP contribution in [0.15, 0.2) is 46.6 Å². The molecule has 4 nitrogen and oxygen atoms in total. The summed E-state index contributed by atoms with van der Waals surface area (Å²) in [6.45, 7) is 2.48. The minimum absolute atomic E-state index is 0.245. The molecule has 0 aliphatic heterocycles. The van der Waals surface area contributed by atoms with Crippen LogP contribution in [-0.4, -0.2) is 10.9 Å². The first kappa shape index (κ1) is 13.6. The van der Waals surface area contributed by atoms with E-state index in [1.807, 2.05) is 30.5 Å². The molecule has 0 saturated heterocycles. The number of benzene rings is 1. The van der Waals surface area contributed by atoms with Crippen molar-refractivity contribution >= 4 is 28.0 Å². The standard InChI is InChI=1S/C16H14N2O2S/c1-10-6-7-21-14(10)9-17-16(20)13-8-11-4-2-3-5-12(11)15(19)18-13/h2-8H,9H2,1H3,(H,17,20)(H,18,19). The molecule has 2 aromatic heterocycles. The van der Waals surface area contributed by atoms with Crippen LogP contribution in [0.4, 0.5) is 0 Å². The van der Waals surface area contributed by atoms with Crippen LogP contribution in [0, 0.1) is 6.92 Å². The Morgan fingerprint density at radius 3 is 2.86 bits per heavy atom.